The minimum absolute atomic E-state index is 0.222. The largest absolute Gasteiger partial charge is 0.388 e. The van der Waals surface area contributed by atoms with Gasteiger partial charge in [0.15, 0.2) is 0 Å². The number of hydrogen-bond acceptors (Lipinski definition) is 3. The highest BCUT2D eigenvalue weighted by molar-refractivity contribution is 7.07. The van der Waals surface area contributed by atoms with E-state index in [0.29, 0.717) is 5.35 Å². The molecule has 0 bridgehead atoms. The van der Waals surface area contributed by atoms with Crippen LogP contribution in [0, 0.1) is 0 Å². The summed E-state index contributed by atoms with van der Waals surface area (Å²) in [7, 11) is 0. The molecule has 0 radical (unpaired) electrons. The molecule has 0 amide bonds. The average Bonchev–Trinajstić information content (AvgIpc) is 2.36. The fourth-order valence-electron chi connectivity index (χ4n) is 0.660. The van der Waals surface area contributed by atoms with Crippen molar-refractivity contribution < 1.29 is 0 Å². The molecule has 0 aliphatic carbocycles. The Morgan fingerprint density at radius 2 is 2.55 bits per heavy atom. The van der Waals surface area contributed by atoms with Gasteiger partial charge in [0.2, 0.25) is 0 Å². The Bertz CT molecular complexity index is 362. The molecule has 1 heterocycles. The number of aromatic nitrogens is 1. The molecule has 0 fully saturated rings. The van der Waals surface area contributed by atoms with Gasteiger partial charge in [0.05, 0.1) is 10.0 Å². The van der Waals surface area contributed by atoms with Crippen LogP contribution < -0.4 is 15.6 Å². The Hall–Kier alpha value is -0.800. The summed E-state index contributed by atoms with van der Waals surface area (Å²) in [5, 5.41) is 0.857. The molecule has 1 aromatic heterocycles. The summed E-state index contributed by atoms with van der Waals surface area (Å²) in [6.07, 6.45) is 3.50. The molecule has 0 unspecified atom stereocenters. The lowest BCUT2D eigenvalue weighted by Crippen LogP contribution is -2.25. The third-order valence-electron chi connectivity index (χ3n) is 1.09. The van der Waals surface area contributed by atoms with Crippen LogP contribution in [0.4, 0.5) is 0 Å². The van der Waals surface area contributed by atoms with Gasteiger partial charge in [-0.2, -0.15) is 0 Å². The number of allylic oxidation sites excluding steroid dienone is 1. The quantitative estimate of drug-likeness (QED) is 0.644. The van der Waals surface area contributed by atoms with Crippen LogP contribution in [0.25, 0.3) is 11.2 Å². The van der Waals surface area contributed by atoms with Crippen molar-refractivity contribution in [1.29, 1.82) is 0 Å². The maximum atomic E-state index is 5.57. The molecule has 2 N–H and O–H groups in total. The first-order valence-corrected chi connectivity index (χ1v) is 4.19. The second kappa shape index (κ2) is 3.55. The first-order chi connectivity index (χ1) is 5.25. The fraction of sp³-hybridized carbons (Fsp3) is 0. The molecular weight excluding hydrogens is 180 g/mol. The van der Waals surface area contributed by atoms with Crippen LogP contribution in [-0.4, -0.2) is 4.98 Å². The summed E-state index contributed by atoms with van der Waals surface area (Å²) in [4.78, 5) is 3.98. The van der Waals surface area contributed by atoms with Gasteiger partial charge in [-0.3, -0.25) is 0 Å². The van der Waals surface area contributed by atoms with Crippen molar-refractivity contribution in [3.8, 4) is 0 Å². The summed E-state index contributed by atoms with van der Waals surface area (Å²) in [5.74, 6) is 0. The summed E-state index contributed by atoms with van der Waals surface area (Å²) >= 11 is 7.05. The average molecular weight is 187 g/mol. The molecule has 0 atom stereocenters. The summed E-state index contributed by atoms with van der Waals surface area (Å²) in [5.41, 5.74) is 7.06. The molecule has 0 saturated carbocycles. The normalized spacial score (nSPS) is 14.8. The van der Waals surface area contributed by atoms with E-state index in [0.717, 1.165) is 4.53 Å². The Labute approximate surface area is 73.3 Å². The number of rotatable bonds is 1. The van der Waals surface area contributed by atoms with Crippen molar-refractivity contribution in [2.75, 3.05) is 0 Å². The van der Waals surface area contributed by atoms with Crippen molar-refractivity contribution in [1.82, 2.24) is 4.98 Å². The van der Waals surface area contributed by atoms with Gasteiger partial charge in [0, 0.05) is 0 Å². The highest BCUT2D eigenvalue weighted by atomic mass is 35.5. The molecule has 0 aliphatic heterocycles. The number of nitrogens with zero attached hydrogens (tertiary/aromatic N) is 1. The van der Waals surface area contributed by atoms with Gasteiger partial charge in [0.25, 0.3) is 0 Å². The lowest BCUT2D eigenvalue weighted by molar-refractivity contribution is 1.30. The molecule has 2 nitrogen and oxygen atoms in total. The maximum Gasteiger partial charge on any atom is 0.127 e. The highest BCUT2D eigenvalue weighted by Crippen LogP contribution is 1.85. The first kappa shape index (κ1) is 8.30. The number of hydrogen-bond donors (Lipinski definition) is 1. The van der Waals surface area contributed by atoms with E-state index in [1.165, 1.54) is 11.3 Å². The smallest absolute Gasteiger partial charge is 0.127 e. The van der Waals surface area contributed by atoms with Crippen LogP contribution in [-0.2, 0) is 0 Å². The van der Waals surface area contributed by atoms with Crippen LogP contribution in [0.5, 0.6) is 0 Å². The van der Waals surface area contributed by atoms with Crippen LogP contribution in [0.3, 0.4) is 0 Å². The van der Waals surface area contributed by atoms with Crippen LogP contribution in [0.1, 0.15) is 0 Å². The minimum Gasteiger partial charge on any atom is -0.388 e. The van der Waals surface area contributed by atoms with Gasteiger partial charge in [0.1, 0.15) is 10.5 Å². The SMILES string of the molecule is C=C/C=c1/scn/c1=C(/N)Cl. The van der Waals surface area contributed by atoms with Gasteiger partial charge in [-0.1, -0.05) is 24.3 Å². The predicted octanol–water partition coefficient (Wildman–Crippen LogP) is 0.373. The molecule has 1 rings (SSSR count). The van der Waals surface area contributed by atoms with E-state index < -0.39 is 0 Å². The first-order valence-electron chi connectivity index (χ1n) is 2.93. The third-order valence-corrected chi connectivity index (χ3v) is 2.06. The Morgan fingerprint density at radius 1 is 1.82 bits per heavy atom. The second-order valence-electron chi connectivity index (χ2n) is 1.82. The van der Waals surface area contributed by atoms with Crippen LogP contribution in [0.15, 0.2) is 18.2 Å². The maximum absolute atomic E-state index is 5.57. The van der Waals surface area contributed by atoms with Crippen LogP contribution >= 0.6 is 22.9 Å². The van der Waals surface area contributed by atoms with Gasteiger partial charge in [-0.15, -0.1) is 11.3 Å². The van der Waals surface area contributed by atoms with E-state index in [9.17, 15) is 0 Å². The third kappa shape index (κ3) is 1.82. The van der Waals surface area contributed by atoms with Crippen LogP contribution in [0.2, 0.25) is 0 Å². The summed E-state index contributed by atoms with van der Waals surface area (Å²) in [6.45, 7) is 3.57. The number of halogens is 1. The second-order valence-corrected chi connectivity index (χ2v) is 3.11. The van der Waals surface area contributed by atoms with E-state index in [-0.39, 0.29) is 5.16 Å². The molecular formula is C7H7ClN2S. The molecule has 0 aliphatic rings. The molecule has 0 aromatic carbocycles. The van der Waals surface area contributed by atoms with Crippen molar-refractivity contribution in [2.24, 2.45) is 5.73 Å². The summed E-state index contributed by atoms with van der Waals surface area (Å²) in [6, 6.07) is 0. The molecule has 0 saturated heterocycles. The topological polar surface area (TPSA) is 38.9 Å². The molecule has 0 spiro atoms. The molecule has 11 heavy (non-hydrogen) atoms. The van der Waals surface area contributed by atoms with E-state index in [2.05, 4.69) is 11.6 Å². The fourth-order valence-corrected chi connectivity index (χ4v) is 1.59. The van der Waals surface area contributed by atoms with E-state index in [4.69, 9.17) is 17.3 Å². The predicted molar refractivity (Wildman–Crippen MR) is 49.5 cm³/mol. The Balaban J connectivity index is 3.52. The molecule has 58 valence electrons. The van der Waals surface area contributed by atoms with E-state index in [1.54, 1.807) is 11.6 Å². The van der Waals surface area contributed by atoms with Gasteiger partial charge in [-0.05, 0) is 6.08 Å². The molecule has 4 heteroatoms. The zero-order chi connectivity index (χ0) is 8.27. The minimum atomic E-state index is 0.222. The lowest BCUT2D eigenvalue weighted by Gasteiger charge is -1.79. The molecule has 1 aromatic rings. The van der Waals surface area contributed by atoms with Crippen molar-refractivity contribution in [3.63, 3.8) is 0 Å². The Morgan fingerprint density at radius 3 is 3.09 bits per heavy atom. The van der Waals surface area contributed by atoms with Crippen molar-refractivity contribution >= 4 is 34.2 Å². The van der Waals surface area contributed by atoms with Gasteiger partial charge in [-0.25, -0.2) is 4.98 Å². The van der Waals surface area contributed by atoms with Crippen molar-refractivity contribution in [3.05, 3.63) is 28.0 Å². The standard InChI is InChI=1S/C7H7ClN2S/c1-2-3-5-6(7(8)9)10-4-11-5/h2-4H,1,9H2/b5-3+,7-6+. The zero-order valence-corrected chi connectivity index (χ0v) is 7.32. The lowest BCUT2D eigenvalue weighted by atomic mass is 10.5. The highest BCUT2D eigenvalue weighted by Gasteiger charge is 1.90. The zero-order valence-electron chi connectivity index (χ0n) is 5.75. The number of thiazole rings is 1. The van der Waals surface area contributed by atoms with Gasteiger partial charge >= 0.3 is 0 Å². The van der Waals surface area contributed by atoms with E-state index >= 15 is 0 Å². The monoisotopic (exact) mass is 186 g/mol. The Kier molecular flexibility index (Phi) is 2.68. The van der Waals surface area contributed by atoms with Gasteiger partial charge < -0.3 is 5.73 Å². The van der Waals surface area contributed by atoms with Crippen molar-refractivity contribution in [2.45, 2.75) is 0 Å². The number of nitrogens with two attached hydrogens (primary N) is 1. The van der Waals surface area contributed by atoms with E-state index in [1.807, 2.05) is 6.08 Å². The summed E-state index contributed by atoms with van der Waals surface area (Å²) < 4.78 is 0.938.